The van der Waals surface area contributed by atoms with Crippen molar-refractivity contribution >= 4 is 52.1 Å². The van der Waals surface area contributed by atoms with Gasteiger partial charge in [0.1, 0.15) is 17.6 Å². The standard InChI is InChI=1S/C20H24Cl2N6O.2C2HF3O2/c1-11(2)28-7-13(8-28)15-16(22)14(21)6-12(18(15)29-3)4-5-23-19-17-20(25-9-24-17)27-10-26-19;2*3-2(4,5)1(6)7/h6,9-11,13H,4-5,7-8H2,1-3H3,(H2,23,24,25,26,27);2*(H,6,7). The van der Waals surface area contributed by atoms with Crippen molar-refractivity contribution in [3.8, 4) is 5.75 Å². The van der Waals surface area contributed by atoms with Crippen LogP contribution in [0, 0.1) is 0 Å². The lowest BCUT2D eigenvalue weighted by Gasteiger charge is -2.43. The number of anilines is 1. The molecule has 0 spiro atoms. The minimum atomic E-state index is -5.08. The molecule has 0 saturated carbocycles. The van der Waals surface area contributed by atoms with E-state index in [9.17, 15) is 26.3 Å². The van der Waals surface area contributed by atoms with Gasteiger partial charge in [-0.15, -0.1) is 0 Å². The maximum Gasteiger partial charge on any atom is 0.490 e. The number of aliphatic carboxylic acids is 2. The number of imidazole rings is 1. The minimum absolute atomic E-state index is 0.330. The Bertz CT molecular complexity index is 1390. The van der Waals surface area contributed by atoms with Crippen LogP contribution in [0.1, 0.15) is 30.9 Å². The Morgan fingerprint density at radius 1 is 1.09 bits per heavy atom. The van der Waals surface area contributed by atoms with Gasteiger partial charge >= 0.3 is 24.3 Å². The molecular formula is C24H26Cl2F6N6O5. The molecule has 4 rings (SSSR count). The van der Waals surface area contributed by atoms with Crippen LogP contribution in [0.15, 0.2) is 18.7 Å². The number of methoxy groups -OCH3 is 1. The van der Waals surface area contributed by atoms with Gasteiger partial charge in [0, 0.05) is 37.2 Å². The summed E-state index contributed by atoms with van der Waals surface area (Å²) in [5.74, 6) is -3.63. The predicted molar refractivity (Wildman–Crippen MR) is 144 cm³/mol. The molecule has 238 valence electrons. The van der Waals surface area contributed by atoms with Gasteiger partial charge in [0.2, 0.25) is 0 Å². The summed E-state index contributed by atoms with van der Waals surface area (Å²) in [6, 6.07) is 2.42. The minimum Gasteiger partial charge on any atom is -0.496 e. The first-order valence-electron chi connectivity index (χ1n) is 12.1. The number of fused-ring (bicyclic) bond motifs is 1. The number of carboxylic acids is 2. The fraction of sp³-hybridized carbons (Fsp3) is 0.458. The molecule has 1 aliphatic heterocycles. The molecule has 1 aliphatic rings. The normalized spacial score (nSPS) is 13.9. The Balaban J connectivity index is 0.000000384. The molecule has 2 aromatic heterocycles. The Labute approximate surface area is 250 Å². The average molecular weight is 663 g/mol. The van der Waals surface area contributed by atoms with Crippen LogP contribution < -0.4 is 10.1 Å². The van der Waals surface area contributed by atoms with Crippen molar-refractivity contribution in [3.05, 3.63) is 39.9 Å². The molecule has 0 amide bonds. The maximum absolute atomic E-state index is 10.6. The van der Waals surface area contributed by atoms with E-state index in [1.54, 1.807) is 13.4 Å². The molecule has 1 aromatic carbocycles. The van der Waals surface area contributed by atoms with Gasteiger partial charge in [-0.05, 0) is 31.9 Å². The molecule has 0 radical (unpaired) electrons. The van der Waals surface area contributed by atoms with Crippen molar-refractivity contribution in [1.29, 1.82) is 0 Å². The van der Waals surface area contributed by atoms with Crippen LogP contribution >= 0.6 is 23.2 Å². The molecular weight excluding hydrogens is 637 g/mol. The smallest absolute Gasteiger partial charge is 0.490 e. The van der Waals surface area contributed by atoms with E-state index >= 15 is 0 Å². The highest BCUT2D eigenvalue weighted by Crippen LogP contribution is 2.44. The summed E-state index contributed by atoms with van der Waals surface area (Å²) in [6.07, 6.45) is -6.34. The number of hydrogen-bond acceptors (Lipinski definition) is 8. The van der Waals surface area contributed by atoms with E-state index in [1.807, 2.05) is 6.07 Å². The third-order valence-corrected chi connectivity index (χ3v) is 6.73. The van der Waals surface area contributed by atoms with Crippen molar-refractivity contribution in [1.82, 2.24) is 24.8 Å². The topological polar surface area (TPSA) is 154 Å². The number of nitrogens with one attached hydrogen (secondary N) is 2. The second-order valence-corrected chi connectivity index (χ2v) is 9.91. The van der Waals surface area contributed by atoms with Gasteiger partial charge < -0.3 is 25.3 Å². The van der Waals surface area contributed by atoms with E-state index in [-0.39, 0.29) is 0 Å². The monoisotopic (exact) mass is 662 g/mol. The summed E-state index contributed by atoms with van der Waals surface area (Å²) in [5, 5.41) is 18.8. The van der Waals surface area contributed by atoms with Crippen molar-refractivity contribution < 1.29 is 50.9 Å². The zero-order valence-electron chi connectivity index (χ0n) is 22.6. The quantitative estimate of drug-likeness (QED) is 0.242. The molecule has 19 heteroatoms. The molecule has 0 atom stereocenters. The molecule has 1 fully saturated rings. The average Bonchev–Trinajstić information content (AvgIpc) is 3.35. The van der Waals surface area contributed by atoms with E-state index in [2.05, 4.69) is 44.0 Å². The van der Waals surface area contributed by atoms with Crippen LogP contribution in [-0.2, 0) is 16.0 Å². The number of H-pyrrole nitrogens is 1. The second kappa shape index (κ2) is 14.7. The summed E-state index contributed by atoms with van der Waals surface area (Å²) >= 11 is 13.1. The third kappa shape index (κ3) is 9.72. The SMILES string of the molecule is COc1c(CCNc2ncnc3nc[nH]c23)cc(Cl)c(Cl)c1C1CN(C(C)C)C1.O=C(O)C(F)(F)F.O=C(O)C(F)(F)F. The highest BCUT2D eigenvalue weighted by Gasteiger charge is 2.39. The van der Waals surface area contributed by atoms with Crippen LogP contribution in [-0.4, -0.2) is 92.1 Å². The van der Waals surface area contributed by atoms with E-state index in [4.69, 9.17) is 47.7 Å². The number of rotatable bonds is 7. The molecule has 3 aromatic rings. The zero-order valence-corrected chi connectivity index (χ0v) is 24.2. The third-order valence-electron chi connectivity index (χ3n) is 5.93. The Morgan fingerprint density at radius 2 is 1.65 bits per heavy atom. The van der Waals surface area contributed by atoms with Gasteiger partial charge in [-0.3, -0.25) is 4.90 Å². The van der Waals surface area contributed by atoms with Gasteiger partial charge in [0.25, 0.3) is 0 Å². The lowest BCUT2D eigenvalue weighted by Crippen LogP contribution is -2.48. The summed E-state index contributed by atoms with van der Waals surface area (Å²) in [5.41, 5.74) is 3.48. The number of benzene rings is 1. The van der Waals surface area contributed by atoms with E-state index < -0.39 is 24.3 Å². The van der Waals surface area contributed by atoms with Gasteiger partial charge in [-0.25, -0.2) is 24.5 Å². The first-order chi connectivity index (χ1) is 19.9. The molecule has 43 heavy (non-hydrogen) atoms. The van der Waals surface area contributed by atoms with Crippen LogP contribution in [0.5, 0.6) is 5.75 Å². The number of hydrogen-bond donors (Lipinski definition) is 4. The molecule has 0 unspecified atom stereocenters. The highest BCUT2D eigenvalue weighted by molar-refractivity contribution is 6.42. The fourth-order valence-electron chi connectivity index (χ4n) is 3.81. The second-order valence-electron chi connectivity index (χ2n) is 9.13. The van der Waals surface area contributed by atoms with Crippen molar-refractivity contribution in [3.63, 3.8) is 0 Å². The molecule has 11 nitrogen and oxygen atoms in total. The van der Waals surface area contributed by atoms with Crippen molar-refractivity contribution in [2.24, 2.45) is 0 Å². The number of carboxylic acid groups (broad SMARTS) is 2. The summed E-state index contributed by atoms with van der Waals surface area (Å²) in [7, 11) is 1.69. The number of halogens is 8. The summed E-state index contributed by atoms with van der Waals surface area (Å²) in [4.78, 5) is 35.9. The van der Waals surface area contributed by atoms with Crippen molar-refractivity contribution in [2.45, 2.75) is 44.6 Å². The lowest BCUT2D eigenvalue weighted by molar-refractivity contribution is -0.193. The number of likely N-dealkylation sites (tertiary alicyclic amines) is 1. The predicted octanol–water partition coefficient (Wildman–Crippen LogP) is 5.40. The number of ether oxygens (including phenoxy) is 1. The van der Waals surface area contributed by atoms with Gasteiger partial charge in [-0.2, -0.15) is 26.3 Å². The van der Waals surface area contributed by atoms with Crippen molar-refractivity contribution in [2.75, 3.05) is 32.1 Å². The molecule has 3 heterocycles. The fourth-order valence-corrected chi connectivity index (χ4v) is 4.33. The molecule has 4 N–H and O–H groups in total. The summed E-state index contributed by atoms with van der Waals surface area (Å²) < 4.78 is 69.3. The number of aromatic nitrogens is 4. The van der Waals surface area contributed by atoms with Crippen LogP contribution in [0.2, 0.25) is 10.0 Å². The first-order valence-corrected chi connectivity index (χ1v) is 12.9. The van der Waals surface area contributed by atoms with Gasteiger partial charge in [-0.1, -0.05) is 23.2 Å². The molecule has 1 saturated heterocycles. The van der Waals surface area contributed by atoms with E-state index in [0.29, 0.717) is 40.6 Å². The number of nitrogens with zero attached hydrogens (tertiary/aromatic N) is 4. The van der Waals surface area contributed by atoms with E-state index in [1.165, 1.54) is 6.33 Å². The Hall–Kier alpha value is -3.57. The molecule has 0 bridgehead atoms. The Kier molecular flexibility index (Phi) is 12.2. The summed E-state index contributed by atoms with van der Waals surface area (Å²) in [6.45, 7) is 6.98. The number of carbonyl (C=O) groups is 2. The Morgan fingerprint density at radius 3 is 2.14 bits per heavy atom. The van der Waals surface area contributed by atoms with E-state index in [0.717, 1.165) is 41.3 Å². The van der Waals surface area contributed by atoms with Crippen LogP contribution in [0.25, 0.3) is 11.2 Å². The lowest BCUT2D eigenvalue weighted by atomic mass is 9.87. The largest absolute Gasteiger partial charge is 0.496 e. The van der Waals surface area contributed by atoms with Gasteiger partial charge in [0.05, 0.1) is 23.5 Å². The zero-order chi connectivity index (χ0) is 32.7. The van der Waals surface area contributed by atoms with Gasteiger partial charge in [0.15, 0.2) is 11.5 Å². The maximum atomic E-state index is 10.6. The first kappa shape index (κ1) is 35.6. The highest BCUT2D eigenvalue weighted by atomic mass is 35.5. The van der Waals surface area contributed by atoms with Crippen LogP contribution in [0.4, 0.5) is 32.2 Å². The number of aromatic amines is 1. The van der Waals surface area contributed by atoms with Crippen LogP contribution in [0.3, 0.4) is 0 Å². The molecule has 0 aliphatic carbocycles. The number of alkyl halides is 6.